The highest BCUT2D eigenvalue weighted by Crippen LogP contribution is 2.53. The van der Waals surface area contributed by atoms with Crippen LogP contribution in [0.3, 0.4) is 0 Å². The van der Waals surface area contributed by atoms with E-state index in [1.54, 1.807) is 50.3 Å². The second-order valence-corrected chi connectivity index (χ2v) is 11.6. The number of hydrogen-bond acceptors (Lipinski definition) is 9. The maximum absolute atomic E-state index is 14.0. The van der Waals surface area contributed by atoms with E-state index < -0.39 is 76.1 Å². The quantitative estimate of drug-likeness (QED) is 0.274. The van der Waals surface area contributed by atoms with E-state index in [2.05, 4.69) is 4.74 Å². The third-order valence-electron chi connectivity index (χ3n) is 9.01. The molecule has 2 aromatic carbocycles. The van der Waals surface area contributed by atoms with Crippen molar-refractivity contribution in [3.63, 3.8) is 0 Å². The van der Waals surface area contributed by atoms with Crippen molar-refractivity contribution in [3.8, 4) is 16.9 Å². The first kappa shape index (κ1) is 29.1. The van der Waals surface area contributed by atoms with Crippen LogP contribution in [-0.4, -0.2) is 57.9 Å². The minimum atomic E-state index is -2.73. The number of phenols is 1. The van der Waals surface area contributed by atoms with Gasteiger partial charge < -0.3 is 20.7 Å². The van der Waals surface area contributed by atoms with E-state index in [4.69, 9.17) is 5.73 Å². The lowest BCUT2D eigenvalue weighted by atomic mass is 9.49. The van der Waals surface area contributed by atoms with Crippen LogP contribution in [0.2, 0.25) is 0 Å². The number of carbonyl (C=O) groups is 6. The van der Waals surface area contributed by atoms with Crippen LogP contribution < -0.4 is 5.73 Å². The van der Waals surface area contributed by atoms with Gasteiger partial charge in [-0.05, 0) is 65.1 Å². The molecule has 3 aliphatic carbocycles. The van der Waals surface area contributed by atoms with Gasteiger partial charge in [-0.3, -0.25) is 24.0 Å². The first-order valence-corrected chi connectivity index (χ1v) is 13.7. The van der Waals surface area contributed by atoms with Crippen LogP contribution in [0.5, 0.6) is 5.75 Å². The van der Waals surface area contributed by atoms with Crippen LogP contribution in [0, 0.1) is 35.5 Å². The fourth-order valence-electron chi connectivity index (χ4n) is 7.17. The number of carbonyl (C=O) groups excluding carboxylic acids is 6. The molecule has 5 rings (SSSR count). The van der Waals surface area contributed by atoms with Crippen LogP contribution in [0.15, 0.2) is 42.5 Å². The lowest BCUT2D eigenvalue weighted by Crippen LogP contribution is -2.71. The van der Waals surface area contributed by atoms with Crippen LogP contribution >= 0.6 is 0 Å². The van der Waals surface area contributed by atoms with E-state index in [0.717, 1.165) is 0 Å². The first-order chi connectivity index (χ1) is 19.8. The molecule has 2 fully saturated rings. The summed E-state index contributed by atoms with van der Waals surface area (Å²) in [4.78, 5) is 78.3. The molecule has 10 nitrogen and oxygen atoms in total. The Hall–Kier alpha value is -4.44. The molecular weight excluding hydrogens is 542 g/mol. The minimum absolute atomic E-state index is 0.000891. The van der Waals surface area contributed by atoms with Crippen LogP contribution in [0.4, 0.5) is 0 Å². The summed E-state index contributed by atoms with van der Waals surface area (Å²) in [6, 6.07) is 10.2. The van der Waals surface area contributed by atoms with Gasteiger partial charge in [0.25, 0.3) is 0 Å². The number of hydrogen-bond donors (Lipinski definition) is 3. The first-order valence-electron chi connectivity index (χ1n) is 13.7. The lowest BCUT2D eigenvalue weighted by molar-refractivity contribution is -0.182. The predicted octanol–water partition coefficient (Wildman–Crippen LogP) is 2.06. The third kappa shape index (κ3) is 4.28. The summed E-state index contributed by atoms with van der Waals surface area (Å²) >= 11 is 0. The fraction of sp³-hybridized carbons (Fsp3) is 0.375. The number of aliphatic hydroxyl groups is 1. The normalized spacial score (nSPS) is 28.8. The summed E-state index contributed by atoms with van der Waals surface area (Å²) in [5.74, 6) is -12.6. The Bertz CT molecular complexity index is 1590. The number of ether oxygens (including phenoxy) is 1. The smallest absolute Gasteiger partial charge is 0.330 e. The number of rotatable bonds is 5. The molecule has 218 valence electrons. The van der Waals surface area contributed by atoms with E-state index in [0.29, 0.717) is 22.3 Å². The molecule has 0 heterocycles. The highest BCUT2D eigenvalue weighted by atomic mass is 16.5. The van der Waals surface area contributed by atoms with Gasteiger partial charge in [0.2, 0.25) is 5.91 Å². The summed E-state index contributed by atoms with van der Waals surface area (Å²) in [7, 11) is 1.27. The van der Waals surface area contributed by atoms with Gasteiger partial charge in [-0.25, -0.2) is 4.79 Å². The zero-order valence-electron chi connectivity index (χ0n) is 23.3. The van der Waals surface area contributed by atoms with Crippen molar-refractivity contribution in [2.75, 3.05) is 7.11 Å². The zero-order valence-corrected chi connectivity index (χ0v) is 23.3. The van der Waals surface area contributed by atoms with Crippen LogP contribution in [-0.2, 0) is 35.1 Å². The number of methoxy groups -OCH3 is 1. The van der Waals surface area contributed by atoms with Gasteiger partial charge in [0, 0.05) is 17.9 Å². The molecular formula is C32H31NO9. The van der Waals surface area contributed by atoms with E-state index in [-0.39, 0.29) is 24.2 Å². The summed E-state index contributed by atoms with van der Waals surface area (Å²) in [6.07, 6.45) is 3.00. The Labute approximate surface area is 241 Å². The van der Waals surface area contributed by atoms with Crippen molar-refractivity contribution in [1.29, 1.82) is 0 Å². The van der Waals surface area contributed by atoms with Crippen LogP contribution in [0.1, 0.15) is 41.8 Å². The largest absolute Gasteiger partial charge is 0.507 e. The van der Waals surface area contributed by atoms with Gasteiger partial charge in [0.05, 0.1) is 18.6 Å². The van der Waals surface area contributed by atoms with E-state index in [1.807, 2.05) is 0 Å². The highest BCUT2D eigenvalue weighted by Gasteiger charge is 2.69. The van der Waals surface area contributed by atoms with Crippen molar-refractivity contribution in [2.45, 2.75) is 32.3 Å². The number of esters is 1. The van der Waals surface area contributed by atoms with E-state index >= 15 is 0 Å². The lowest BCUT2D eigenvalue weighted by Gasteiger charge is -2.52. The second kappa shape index (κ2) is 10.4. The number of amides is 1. The molecule has 0 spiro atoms. The summed E-state index contributed by atoms with van der Waals surface area (Å²) in [6.45, 7) is 3.40. The van der Waals surface area contributed by atoms with Crippen molar-refractivity contribution < 1.29 is 43.7 Å². The van der Waals surface area contributed by atoms with Crippen molar-refractivity contribution in [2.24, 2.45) is 41.2 Å². The topological polar surface area (TPSA) is 178 Å². The summed E-state index contributed by atoms with van der Waals surface area (Å²) < 4.78 is 4.64. The number of benzene rings is 2. The molecule has 2 saturated carbocycles. The molecule has 2 unspecified atom stereocenters. The van der Waals surface area contributed by atoms with Gasteiger partial charge in [-0.15, -0.1) is 0 Å². The molecule has 0 radical (unpaired) electrons. The molecule has 0 aromatic heterocycles. The maximum Gasteiger partial charge on any atom is 0.330 e. The van der Waals surface area contributed by atoms with Gasteiger partial charge in [0.15, 0.2) is 34.7 Å². The number of fused-ring (bicyclic) bond motifs is 3. The molecule has 0 aliphatic heterocycles. The van der Waals surface area contributed by atoms with Gasteiger partial charge in [-0.1, -0.05) is 38.1 Å². The molecule has 3 aliphatic rings. The molecule has 4 N–H and O–H groups in total. The van der Waals surface area contributed by atoms with E-state index in [9.17, 15) is 39.0 Å². The Morgan fingerprint density at radius 1 is 1.10 bits per heavy atom. The molecule has 0 bridgehead atoms. The Kier molecular flexibility index (Phi) is 7.22. The van der Waals surface area contributed by atoms with Crippen molar-refractivity contribution >= 4 is 41.1 Å². The summed E-state index contributed by atoms with van der Waals surface area (Å²) in [5, 5.41) is 22.5. The summed E-state index contributed by atoms with van der Waals surface area (Å²) in [5.41, 5.74) is 5.06. The molecule has 1 amide bonds. The number of Topliss-reactive ketones (excluding diaryl/α,β-unsaturated/α-hetero) is 4. The molecule has 42 heavy (non-hydrogen) atoms. The predicted molar refractivity (Wildman–Crippen MR) is 149 cm³/mol. The van der Waals surface area contributed by atoms with E-state index in [1.165, 1.54) is 19.3 Å². The average Bonchev–Trinajstić information content (AvgIpc) is 2.93. The van der Waals surface area contributed by atoms with Crippen molar-refractivity contribution in [1.82, 2.24) is 0 Å². The minimum Gasteiger partial charge on any atom is -0.507 e. The number of nitrogens with two attached hydrogens (primary N) is 1. The fourth-order valence-corrected chi connectivity index (χ4v) is 7.17. The van der Waals surface area contributed by atoms with Gasteiger partial charge >= 0.3 is 5.97 Å². The van der Waals surface area contributed by atoms with Crippen LogP contribution in [0.25, 0.3) is 17.2 Å². The highest BCUT2D eigenvalue weighted by molar-refractivity contribution is 6.32. The molecule has 10 heteroatoms. The number of aromatic hydroxyl groups is 1. The standard InChI is InChI=1S/C32H31NO9/c1-14(2)23-20-13-17-12-19-18(16-6-4-5-15(11-16)7-10-22(35)42-3)8-9-21(34)25(19)28(37)24(17)29(38)32(20,41)30(39)26(27(23)36)31(33)40/h4-11,14,17,20,23-24,26,34,41H,12-13H2,1-3H3,(H2,33,40)/t17-,20-,23-,24?,26?,32-/m0/s1. The average molecular weight is 574 g/mol. The molecule has 0 saturated heterocycles. The van der Waals surface area contributed by atoms with Gasteiger partial charge in [-0.2, -0.15) is 0 Å². The monoisotopic (exact) mass is 573 g/mol. The molecule has 6 atom stereocenters. The Morgan fingerprint density at radius 2 is 1.81 bits per heavy atom. The Morgan fingerprint density at radius 3 is 2.45 bits per heavy atom. The number of primary amides is 1. The Balaban J connectivity index is 1.61. The third-order valence-corrected chi connectivity index (χ3v) is 9.01. The maximum atomic E-state index is 14.0. The molecule has 2 aromatic rings. The van der Waals surface area contributed by atoms with Crippen molar-refractivity contribution in [3.05, 3.63) is 59.2 Å². The zero-order chi connectivity index (χ0) is 30.7. The SMILES string of the molecule is COC(=O)C=Cc1cccc(-c2ccc(O)c3c2C[C@H]2C[C@H]4[C@H](C(C)C)C(=O)C(C(N)=O)C(=O)[C@@]4(O)C(=O)C2C3=O)c1. The second-order valence-electron chi connectivity index (χ2n) is 11.6. The number of phenolic OH excluding ortho intramolecular Hbond substituents is 1. The number of ketones is 4. The van der Waals surface area contributed by atoms with Gasteiger partial charge in [0.1, 0.15) is 5.75 Å².